The minimum Gasteiger partial charge on any atom is -0.386 e. The Balaban J connectivity index is 2.08. The molecule has 0 aromatic carbocycles. The van der Waals surface area contributed by atoms with Crippen molar-refractivity contribution >= 4 is 5.84 Å². The molecule has 3 atom stereocenters. The number of aliphatic imine (C=N–C) groups is 1. The minimum absolute atomic E-state index is 0.381. The van der Waals surface area contributed by atoms with Crippen molar-refractivity contribution in [3.05, 3.63) is 0 Å². The molecule has 3 saturated heterocycles. The van der Waals surface area contributed by atoms with Gasteiger partial charge in [-0.1, -0.05) is 0 Å². The normalized spacial score (nSPS) is 38.4. The molecule has 0 saturated carbocycles. The van der Waals surface area contributed by atoms with Crippen LogP contribution in [0.1, 0.15) is 13.3 Å². The van der Waals surface area contributed by atoms with Gasteiger partial charge in [-0.3, -0.25) is 14.8 Å². The Kier molecular flexibility index (Phi) is 3.03. The second kappa shape index (κ2) is 4.28. The fraction of sp³-hybridized carbons (Fsp3) is 0.900. The van der Waals surface area contributed by atoms with Gasteiger partial charge in [0.1, 0.15) is 5.84 Å². The summed E-state index contributed by atoms with van der Waals surface area (Å²) in [6, 6.07) is 0.381. The highest BCUT2D eigenvalue weighted by atomic mass is 15.3. The zero-order valence-electron chi connectivity index (χ0n) is 8.95. The third-order valence-corrected chi connectivity index (χ3v) is 3.18. The molecule has 0 aliphatic carbocycles. The van der Waals surface area contributed by atoms with E-state index in [0.717, 1.165) is 25.5 Å². The van der Waals surface area contributed by atoms with E-state index in [1.165, 1.54) is 26.1 Å². The Bertz CT molecular complexity index is 222. The van der Waals surface area contributed by atoms with Crippen molar-refractivity contribution in [2.24, 2.45) is 10.7 Å². The van der Waals surface area contributed by atoms with Crippen molar-refractivity contribution in [2.75, 3.05) is 39.3 Å². The van der Waals surface area contributed by atoms with Crippen LogP contribution in [0.15, 0.2) is 4.99 Å². The summed E-state index contributed by atoms with van der Waals surface area (Å²) in [6.45, 7) is 8.69. The van der Waals surface area contributed by atoms with Gasteiger partial charge < -0.3 is 5.73 Å². The summed E-state index contributed by atoms with van der Waals surface area (Å²) in [4.78, 5) is 9.33. The molecule has 3 aliphatic rings. The first-order chi connectivity index (χ1) is 6.81. The van der Waals surface area contributed by atoms with Crippen LogP contribution in [0.2, 0.25) is 0 Å². The van der Waals surface area contributed by atoms with Crippen LogP contribution in [0.5, 0.6) is 0 Å². The van der Waals surface area contributed by atoms with Gasteiger partial charge in [0.25, 0.3) is 0 Å². The summed E-state index contributed by atoms with van der Waals surface area (Å²) < 4.78 is 0. The zero-order valence-corrected chi connectivity index (χ0v) is 8.95. The molecule has 0 radical (unpaired) electrons. The lowest BCUT2D eigenvalue weighted by Gasteiger charge is -2.37. The molecular formula is C10H20N4. The number of rotatable bonds is 2. The first kappa shape index (κ1) is 9.93. The van der Waals surface area contributed by atoms with Crippen molar-refractivity contribution in [1.82, 2.24) is 9.80 Å². The van der Waals surface area contributed by atoms with E-state index in [1.54, 1.807) is 0 Å². The van der Waals surface area contributed by atoms with E-state index >= 15 is 0 Å². The van der Waals surface area contributed by atoms with Crippen molar-refractivity contribution in [3.63, 3.8) is 0 Å². The van der Waals surface area contributed by atoms with E-state index in [4.69, 9.17) is 5.73 Å². The Morgan fingerprint density at radius 2 is 2.21 bits per heavy atom. The molecule has 4 heteroatoms. The average molecular weight is 196 g/mol. The predicted octanol–water partition coefficient (Wildman–Crippen LogP) is -0.247. The lowest BCUT2D eigenvalue weighted by Crippen LogP contribution is -2.55. The number of amidine groups is 1. The third-order valence-electron chi connectivity index (χ3n) is 3.18. The van der Waals surface area contributed by atoms with Gasteiger partial charge in [0.2, 0.25) is 0 Å². The van der Waals surface area contributed by atoms with Gasteiger partial charge >= 0.3 is 0 Å². The number of fused-ring (bicyclic) bond motifs is 4. The molecule has 4 nitrogen and oxygen atoms in total. The maximum Gasteiger partial charge on any atom is 0.112 e. The quantitative estimate of drug-likeness (QED) is 0.489. The first-order valence-electron chi connectivity index (χ1n) is 5.57. The molecule has 14 heavy (non-hydrogen) atoms. The van der Waals surface area contributed by atoms with Crippen LogP contribution < -0.4 is 5.73 Å². The molecule has 80 valence electrons. The number of hydrogen-bond donors (Lipinski definition) is 1. The summed E-state index contributed by atoms with van der Waals surface area (Å²) in [5.74, 6) is 0.833. The number of hydrogen-bond acceptors (Lipinski definition) is 3. The van der Waals surface area contributed by atoms with E-state index in [1.807, 2.05) is 6.92 Å². The maximum atomic E-state index is 6.00. The molecule has 0 aromatic rings. The average Bonchev–Trinajstić information content (AvgIpc) is 2.52. The van der Waals surface area contributed by atoms with Crippen LogP contribution in [0.4, 0.5) is 0 Å². The minimum atomic E-state index is 0.381. The number of piperazine rings is 1. The molecule has 2 N–H and O–H groups in total. The Hall–Kier alpha value is -0.610. The fourth-order valence-corrected chi connectivity index (χ4v) is 2.41. The highest BCUT2D eigenvalue weighted by molar-refractivity contribution is 5.86. The SMILES string of the molecule is CCN=C(N)C1CN2CCCN1CC2. The Morgan fingerprint density at radius 1 is 1.36 bits per heavy atom. The molecule has 0 aromatic heterocycles. The lowest BCUT2D eigenvalue weighted by atomic mass is 10.1. The van der Waals surface area contributed by atoms with Crippen molar-refractivity contribution in [1.29, 1.82) is 0 Å². The Morgan fingerprint density at radius 3 is 3.00 bits per heavy atom. The molecule has 3 heterocycles. The molecule has 0 spiro atoms. The zero-order chi connectivity index (χ0) is 9.97. The maximum absolute atomic E-state index is 6.00. The monoisotopic (exact) mass is 196 g/mol. The summed E-state index contributed by atoms with van der Waals surface area (Å²) in [5, 5.41) is 0. The van der Waals surface area contributed by atoms with Gasteiger partial charge in [0.05, 0.1) is 6.04 Å². The smallest absolute Gasteiger partial charge is 0.112 e. The Labute approximate surface area is 85.8 Å². The van der Waals surface area contributed by atoms with Gasteiger partial charge in [-0.25, -0.2) is 0 Å². The largest absolute Gasteiger partial charge is 0.386 e. The second-order valence-electron chi connectivity index (χ2n) is 4.11. The summed E-state index contributed by atoms with van der Waals surface area (Å²) in [6.07, 6.45) is 1.27. The highest BCUT2D eigenvalue weighted by Crippen LogP contribution is 2.15. The summed E-state index contributed by atoms with van der Waals surface area (Å²) in [7, 11) is 0. The van der Waals surface area contributed by atoms with E-state index in [9.17, 15) is 0 Å². The summed E-state index contributed by atoms with van der Waals surface area (Å²) >= 11 is 0. The molecule has 3 unspecified atom stereocenters. The topological polar surface area (TPSA) is 44.9 Å². The third kappa shape index (κ3) is 1.91. The van der Waals surface area contributed by atoms with Crippen molar-refractivity contribution in [2.45, 2.75) is 19.4 Å². The van der Waals surface area contributed by atoms with E-state index in [0.29, 0.717) is 6.04 Å². The van der Waals surface area contributed by atoms with Gasteiger partial charge in [0, 0.05) is 32.7 Å². The molecule has 3 fully saturated rings. The van der Waals surface area contributed by atoms with Crippen molar-refractivity contribution < 1.29 is 0 Å². The molecule has 0 amide bonds. The molecular weight excluding hydrogens is 176 g/mol. The van der Waals surface area contributed by atoms with E-state index in [2.05, 4.69) is 14.8 Å². The number of nitrogens with two attached hydrogens (primary N) is 1. The van der Waals surface area contributed by atoms with Crippen LogP contribution in [0.3, 0.4) is 0 Å². The van der Waals surface area contributed by atoms with Crippen LogP contribution in [0, 0.1) is 0 Å². The lowest BCUT2D eigenvalue weighted by molar-refractivity contribution is 0.150. The first-order valence-corrected chi connectivity index (χ1v) is 5.57. The van der Waals surface area contributed by atoms with Crippen molar-refractivity contribution in [3.8, 4) is 0 Å². The summed E-state index contributed by atoms with van der Waals surface area (Å²) in [5.41, 5.74) is 6.00. The van der Waals surface area contributed by atoms with Crippen LogP contribution in [-0.2, 0) is 0 Å². The van der Waals surface area contributed by atoms with E-state index in [-0.39, 0.29) is 0 Å². The van der Waals surface area contributed by atoms with Gasteiger partial charge in [-0.05, 0) is 19.9 Å². The van der Waals surface area contributed by atoms with E-state index < -0.39 is 0 Å². The highest BCUT2D eigenvalue weighted by Gasteiger charge is 2.31. The molecule has 3 rings (SSSR count). The van der Waals surface area contributed by atoms with Gasteiger partial charge in [-0.15, -0.1) is 0 Å². The second-order valence-corrected chi connectivity index (χ2v) is 4.11. The fourth-order valence-electron chi connectivity index (χ4n) is 2.41. The predicted molar refractivity (Wildman–Crippen MR) is 58.6 cm³/mol. The standard InChI is InChI=1S/C10H20N4/c1-2-12-10(11)9-8-13-4-3-5-14(9)7-6-13/h9H,2-8H2,1H3,(H2,11,12). The van der Waals surface area contributed by atoms with Crippen LogP contribution in [-0.4, -0.2) is 60.9 Å². The van der Waals surface area contributed by atoms with Crippen LogP contribution >= 0.6 is 0 Å². The molecule has 3 aliphatic heterocycles. The van der Waals surface area contributed by atoms with Gasteiger partial charge in [0.15, 0.2) is 0 Å². The number of nitrogens with zero attached hydrogens (tertiary/aromatic N) is 3. The molecule has 2 bridgehead atoms. The van der Waals surface area contributed by atoms with Crippen LogP contribution in [0.25, 0.3) is 0 Å². The van der Waals surface area contributed by atoms with Gasteiger partial charge in [-0.2, -0.15) is 0 Å².